The number of halogens is 1. The van der Waals surface area contributed by atoms with Crippen molar-refractivity contribution in [3.63, 3.8) is 0 Å². The van der Waals surface area contributed by atoms with Gasteiger partial charge in [-0.1, -0.05) is 18.2 Å². The summed E-state index contributed by atoms with van der Waals surface area (Å²) in [5.41, 5.74) is 4.20. The van der Waals surface area contributed by atoms with E-state index in [1.165, 1.54) is 29.7 Å². The Labute approximate surface area is 97.0 Å². The van der Waals surface area contributed by atoms with Gasteiger partial charge in [-0.2, -0.15) is 0 Å². The zero-order chi connectivity index (χ0) is 10.8. The molecule has 2 rings (SSSR count). The van der Waals surface area contributed by atoms with Crippen molar-refractivity contribution >= 4 is 11.6 Å². The average molecular weight is 224 g/mol. The van der Waals surface area contributed by atoms with Gasteiger partial charge in [0.2, 0.25) is 0 Å². The van der Waals surface area contributed by atoms with Gasteiger partial charge in [-0.05, 0) is 37.0 Å². The molecular formula is C13H18ClN. The summed E-state index contributed by atoms with van der Waals surface area (Å²) < 4.78 is 0. The van der Waals surface area contributed by atoms with Crippen LogP contribution < -0.4 is 0 Å². The Hall–Kier alpha value is -0.530. The van der Waals surface area contributed by atoms with E-state index in [1.54, 1.807) is 0 Å². The van der Waals surface area contributed by atoms with Crippen molar-refractivity contribution in [3.8, 4) is 0 Å². The van der Waals surface area contributed by atoms with E-state index in [9.17, 15) is 0 Å². The van der Waals surface area contributed by atoms with Gasteiger partial charge in [0.15, 0.2) is 0 Å². The first-order valence-corrected chi connectivity index (χ1v) is 6.15. The van der Waals surface area contributed by atoms with E-state index in [2.05, 4.69) is 36.9 Å². The van der Waals surface area contributed by atoms with Gasteiger partial charge in [-0.15, -0.1) is 11.6 Å². The quantitative estimate of drug-likeness (QED) is 0.697. The second-order valence-corrected chi connectivity index (χ2v) is 4.82. The van der Waals surface area contributed by atoms with E-state index < -0.39 is 0 Å². The molecule has 0 atom stereocenters. The van der Waals surface area contributed by atoms with Crippen LogP contribution in [0.3, 0.4) is 0 Å². The van der Waals surface area contributed by atoms with Crippen LogP contribution in [0.2, 0.25) is 0 Å². The van der Waals surface area contributed by atoms with Gasteiger partial charge in [-0.25, -0.2) is 0 Å². The fourth-order valence-electron chi connectivity index (χ4n) is 2.16. The van der Waals surface area contributed by atoms with E-state index >= 15 is 0 Å². The Bertz CT molecular complexity index is 346. The largest absolute Gasteiger partial charge is 0.296 e. The second-order valence-electron chi connectivity index (χ2n) is 4.55. The molecule has 0 saturated carbocycles. The van der Waals surface area contributed by atoms with Gasteiger partial charge in [0.1, 0.15) is 0 Å². The lowest BCUT2D eigenvalue weighted by Gasteiger charge is -2.32. The first kappa shape index (κ1) is 11.0. The van der Waals surface area contributed by atoms with Crippen molar-refractivity contribution in [1.29, 1.82) is 0 Å². The van der Waals surface area contributed by atoms with Gasteiger partial charge in [0.05, 0.1) is 0 Å². The molecule has 1 aromatic carbocycles. The fraction of sp³-hybridized carbons (Fsp3) is 0.538. The summed E-state index contributed by atoms with van der Waals surface area (Å²) in [7, 11) is 0. The lowest BCUT2D eigenvalue weighted by molar-refractivity contribution is 0.203. The number of hydrogen-bond donors (Lipinski definition) is 0. The second kappa shape index (κ2) is 4.54. The first-order valence-electron chi connectivity index (χ1n) is 5.61. The fourth-order valence-corrected chi connectivity index (χ4v) is 2.32. The predicted octanol–water partition coefficient (Wildman–Crippen LogP) is 3.19. The van der Waals surface area contributed by atoms with Crippen LogP contribution in [-0.4, -0.2) is 17.5 Å². The Morgan fingerprint density at radius 1 is 1.33 bits per heavy atom. The van der Waals surface area contributed by atoms with Crippen molar-refractivity contribution in [1.82, 2.24) is 4.90 Å². The highest BCUT2D eigenvalue weighted by Crippen LogP contribution is 2.22. The van der Waals surface area contributed by atoms with Crippen molar-refractivity contribution in [2.45, 2.75) is 38.7 Å². The van der Waals surface area contributed by atoms with E-state index in [-0.39, 0.29) is 0 Å². The highest BCUT2D eigenvalue weighted by atomic mass is 35.5. The molecule has 0 amide bonds. The summed E-state index contributed by atoms with van der Waals surface area (Å²) in [5.74, 6) is 0.620. The summed E-state index contributed by atoms with van der Waals surface area (Å²) in [5, 5.41) is 0. The summed E-state index contributed by atoms with van der Waals surface area (Å²) in [6, 6.07) is 7.29. The van der Waals surface area contributed by atoms with E-state index in [1.807, 2.05) is 0 Å². The molecule has 0 aliphatic carbocycles. The maximum atomic E-state index is 5.85. The molecule has 0 N–H and O–H groups in total. The molecule has 1 aliphatic rings. The molecule has 0 fully saturated rings. The van der Waals surface area contributed by atoms with Gasteiger partial charge < -0.3 is 0 Å². The number of hydrogen-bond acceptors (Lipinski definition) is 1. The molecule has 0 unspecified atom stereocenters. The molecule has 1 aromatic rings. The Morgan fingerprint density at radius 3 is 2.80 bits per heavy atom. The highest BCUT2D eigenvalue weighted by Gasteiger charge is 2.18. The maximum Gasteiger partial charge on any atom is 0.0474 e. The van der Waals surface area contributed by atoms with Crippen LogP contribution >= 0.6 is 11.6 Å². The summed E-state index contributed by atoms with van der Waals surface area (Å²) >= 11 is 5.85. The third-order valence-electron chi connectivity index (χ3n) is 3.20. The number of nitrogens with zero attached hydrogens (tertiary/aromatic N) is 1. The highest BCUT2D eigenvalue weighted by molar-refractivity contribution is 6.17. The van der Waals surface area contributed by atoms with Crippen LogP contribution in [0.15, 0.2) is 18.2 Å². The first-order chi connectivity index (χ1) is 7.20. The molecule has 0 radical (unpaired) electrons. The van der Waals surface area contributed by atoms with Gasteiger partial charge in [-0.3, -0.25) is 4.90 Å². The van der Waals surface area contributed by atoms with Gasteiger partial charge >= 0.3 is 0 Å². The van der Waals surface area contributed by atoms with Crippen LogP contribution in [0, 0.1) is 0 Å². The monoisotopic (exact) mass is 223 g/mol. The zero-order valence-corrected chi connectivity index (χ0v) is 10.2. The number of rotatable bonds is 2. The maximum absolute atomic E-state index is 5.85. The standard InChI is InChI=1S/C13H18ClN/c1-10(2)15-6-5-12-4-3-11(8-14)7-13(12)9-15/h3-4,7,10H,5-6,8-9H2,1-2H3. The van der Waals surface area contributed by atoms with Crippen LogP contribution in [0.1, 0.15) is 30.5 Å². The number of fused-ring (bicyclic) bond motifs is 1. The number of benzene rings is 1. The predicted molar refractivity (Wildman–Crippen MR) is 65.2 cm³/mol. The lowest BCUT2D eigenvalue weighted by Crippen LogP contribution is -2.35. The molecule has 2 heteroatoms. The summed E-state index contributed by atoms with van der Waals surface area (Å²) in [6.07, 6.45) is 1.18. The lowest BCUT2D eigenvalue weighted by atomic mass is 9.97. The van der Waals surface area contributed by atoms with Gasteiger partial charge in [0, 0.05) is 25.0 Å². The molecular weight excluding hydrogens is 206 g/mol. The SMILES string of the molecule is CC(C)N1CCc2ccc(CCl)cc2C1. The van der Waals surface area contributed by atoms with E-state index in [0.717, 1.165) is 6.54 Å². The smallest absolute Gasteiger partial charge is 0.0474 e. The number of alkyl halides is 1. The van der Waals surface area contributed by atoms with Crippen molar-refractivity contribution in [3.05, 3.63) is 34.9 Å². The molecule has 0 aromatic heterocycles. The third kappa shape index (κ3) is 2.35. The van der Waals surface area contributed by atoms with Crippen LogP contribution in [0.4, 0.5) is 0 Å². The Balaban J connectivity index is 2.23. The van der Waals surface area contributed by atoms with Crippen LogP contribution in [0.25, 0.3) is 0 Å². The molecule has 1 heterocycles. The zero-order valence-electron chi connectivity index (χ0n) is 9.46. The average Bonchev–Trinajstić information content (AvgIpc) is 2.27. The Kier molecular flexibility index (Phi) is 3.32. The molecule has 0 spiro atoms. The van der Waals surface area contributed by atoms with Crippen LogP contribution in [-0.2, 0) is 18.8 Å². The van der Waals surface area contributed by atoms with Crippen molar-refractivity contribution in [2.24, 2.45) is 0 Å². The van der Waals surface area contributed by atoms with Crippen molar-refractivity contribution < 1.29 is 0 Å². The minimum atomic E-state index is 0.620. The summed E-state index contributed by atoms with van der Waals surface area (Å²) in [6.45, 7) is 6.79. The molecule has 15 heavy (non-hydrogen) atoms. The minimum absolute atomic E-state index is 0.620. The van der Waals surface area contributed by atoms with E-state index in [4.69, 9.17) is 11.6 Å². The topological polar surface area (TPSA) is 3.24 Å². The molecule has 1 nitrogen and oxygen atoms in total. The van der Waals surface area contributed by atoms with E-state index in [0.29, 0.717) is 11.9 Å². The molecule has 0 saturated heterocycles. The molecule has 82 valence electrons. The third-order valence-corrected chi connectivity index (χ3v) is 3.51. The van der Waals surface area contributed by atoms with Crippen molar-refractivity contribution in [2.75, 3.05) is 6.54 Å². The van der Waals surface area contributed by atoms with Gasteiger partial charge in [0.25, 0.3) is 0 Å². The minimum Gasteiger partial charge on any atom is -0.296 e. The summed E-state index contributed by atoms with van der Waals surface area (Å²) in [4.78, 5) is 2.51. The molecule has 1 aliphatic heterocycles. The normalized spacial score (nSPS) is 16.8. The van der Waals surface area contributed by atoms with Crippen LogP contribution in [0.5, 0.6) is 0 Å². The Morgan fingerprint density at radius 2 is 2.13 bits per heavy atom. The molecule has 0 bridgehead atoms.